The Morgan fingerprint density at radius 2 is 2.22 bits per heavy atom. The van der Waals surface area contributed by atoms with E-state index >= 15 is 0 Å². The molecule has 0 radical (unpaired) electrons. The molecule has 3 rings (SSSR count). The lowest BCUT2D eigenvalue weighted by Gasteiger charge is -2.35. The number of aliphatic carboxylic acids is 1. The predicted octanol–water partition coefficient (Wildman–Crippen LogP) is 3.12. The maximum absolute atomic E-state index is 11.4. The van der Waals surface area contributed by atoms with Gasteiger partial charge in [0.2, 0.25) is 0 Å². The van der Waals surface area contributed by atoms with Crippen molar-refractivity contribution in [1.82, 2.24) is 14.9 Å². The smallest absolute Gasteiger partial charge is 0.320 e. The SMILES string of the molecule is CCC(C(=O)O)N1CCCC(c2ncc(-c3ccccc3)[nH]2)C1. The number of imidazole rings is 1. The van der Waals surface area contributed by atoms with Gasteiger partial charge in [-0.25, -0.2) is 4.98 Å². The van der Waals surface area contributed by atoms with Gasteiger partial charge in [-0.05, 0) is 31.4 Å². The normalized spacial score (nSPS) is 20.3. The number of carboxylic acids is 1. The molecule has 2 atom stereocenters. The summed E-state index contributed by atoms with van der Waals surface area (Å²) in [5.74, 6) is 0.515. The van der Waals surface area contributed by atoms with Crippen LogP contribution in [0.4, 0.5) is 0 Å². The molecule has 0 bridgehead atoms. The Labute approximate surface area is 136 Å². The number of hydrogen-bond donors (Lipinski definition) is 2. The Morgan fingerprint density at radius 1 is 1.43 bits per heavy atom. The number of hydrogen-bond acceptors (Lipinski definition) is 3. The van der Waals surface area contributed by atoms with Crippen LogP contribution in [0.1, 0.15) is 37.9 Å². The summed E-state index contributed by atoms with van der Waals surface area (Å²) in [6, 6.07) is 9.75. The summed E-state index contributed by atoms with van der Waals surface area (Å²) >= 11 is 0. The Bertz CT molecular complexity index is 653. The molecule has 1 aromatic heterocycles. The van der Waals surface area contributed by atoms with Crippen molar-refractivity contribution in [2.45, 2.75) is 38.1 Å². The molecule has 1 aromatic carbocycles. The zero-order valence-electron chi connectivity index (χ0n) is 13.4. The minimum absolute atomic E-state index is 0.273. The van der Waals surface area contributed by atoms with E-state index in [1.54, 1.807) is 0 Å². The quantitative estimate of drug-likeness (QED) is 0.890. The number of aromatic amines is 1. The summed E-state index contributed by atoms with van der Waals surface area (Å²) in [5.41, 5.74) is 2.14. The third kappa shape index (κ3) is 3.45. The van der Waals surface area contributed by atoms with Crippen LogP contribution in [0.2, 0.25) is 0 Å². The van der Waals surface area contributed by atoms with Gasteiger partial charge in [-0.3, -0.25) is 9.69 Å². The van der Waals surface area contributed by atoms with Crippen LogP contribution in [0, 0.1) is 0 Å². The summed E-state index contributed by atoms with van der Waals surface area (Å²) < 4.78 is 0. The second-order valence-corrected chi connectivity index (χ2v) is 6.14. The molecule has 1 fully saturated rings. The molecule has 122 valence electrons. The molecule has 5 nitrogen and oxygen atoms in total. The number of aromatic nitrogens is 2. The summed E-state index contributed by atoms with van der Waals surface area (Å²) in [6.07, 6.45) is 4.57. The Morgan fingerprint density at radius 3 is 2.91 bits per heavy atom. The Balaban J connectivity index is 1.74. The first-order valence-electron chi connectivity index (χ1n) is 8.26. The molecule has 1 aliphatic rings. The number of carboxylic acid groups (broad SMARTS) is 1. The lowest BCUT2D eigenvalue weighted by Crippen LogP contribution is -2.46. The molecule has 23 heavy (non-hydrogen) atoms. The van der Waals surface area contributed by atoms with Crippen molar-refractivity contribution in [3.8, 4) is 11.3 Å². The van der Waals surface area contributed by atoms with Gasteiger partial charge in [0.15, 0.2) is 0 Å². The maximum atomic E-state index is 11.4. The van der Waals surface area contributed by atoms with Crippen LogP contribution in [-0.4, -0.2) is 45.1 Å². The minimum atomic E-state index is -0.724. The fraction of sp³-hybridized carbons (Fsp3) is 0.444. The van der Waals surface area contributed by atoms with Crippen LogP contribution in [0.15, 0.2) is 36.5 Å². The monoisotopic (exact) mass is 313 g/mol. The molecule has 0 aliphatic carbocycles. The van der Waals surface area contributed by atoms with Crippen LogP contribution in [0.25, 0.3) is 11.3 Å². The van der Waals surface area contributed by atoms with Gasteiger partial charge < -0.3 is 10.1 Å². The average molecular weight is 313 g/mol. The minimum Gasteiger partial charge on any atom is -0.480 e. The van der Waals surface area contributed by atoms with Gasteiger partial charge in [-0.15, -0.1) is 0 Å². The van der Waals surface area contributed by atoms with E-state index in [0.717, 1.165) is 43.0 Å². The summed E-state index contributed by atoms with van der Waals surface area (Å²) in [5, 5.41) is 9.37. The zero-order chi connectivity index (χ0) is 16.2. The molecule has 0 spiro atoms. The standard InChI is InChI=1S/C18H23N3O2/c1-2-16(18(22)23)21-10-6-9-14(12-21)17-19-11-15(20-17)13-7-4-3-5-8-13/h3-5,7-8,11,14,16H,2,6,9-10,12H2,1H3,(H,19,20)(H,22,23). The highest BCUT2D eigenvalue weighted by atomic mass is 16.4. The molecule has 5 heteroatoms. The van der Waals surface area contributed by atoms with Crippen molar-refractivity contribution in [2.24, 2.45) is 0 Å². The van der Waals surface area contributed by atoms with E-state index in [1.807, 2.05) is 31.3 Å². The van der Waals surface area contributed by atoms with Gasteiger partial charge in [0.1, 0.15) is 11.9 Å². The first-order valence-corrected chi connectivity index (χ1v) is 8.26. The summed E-state index contributed by atoms with van der Waals surface area (Å²) in [6.45, 7) is 3.54. The number of rotatable bonds is 5. The van der Waals surface area contributed by atoms with Gasteiger partial charge in [0.25, 0.3) is 0 Å². The highest BCUT2D eigenvalue weighted by Crippen LogP contribution is 2.28. The topological polar surface area (TPSA) is 69.2 Å². The van der Waals surface area contributed by atoms with Crippen LogP contribution in [-0.2, 0) is 4.79 Å². The van der Waals surface area contributed by atoms with E-state index in [-0.39, 0.29) is 12.0 Å². The van der Waals surface area contributed by atoms with Crippen LogP contribution in [0.3, 0.4) is 0 Å². The number of H-pyrrole nitrogens is 1. The van der Waals surface area contributed by atoms with Gasteiger partial charge in [-0.1, -0.05) is 37.3 Å². The molecule has 1 aliphatic heterocycles. The molecular formula is C18H23N3O2. The molecule has 2 heterocycles. The van der Waals surface area contributed by atoms with Crippen molar-refractivity contribution in [3.05, 3.63) is 42.4 Å². The lowest BCUT2D eigenvalue weighted by molar-refractivity contribution is -0.144. The van der Waals surface area contributed by atoms with E-state index in [9.17, 15) is 9.90 Å². The fourth-order valence-corrected chi connectivity index (χ4v) is 3.41. The second-order valence-electron chi connectivity index (χ2n) is 6.14. The van der Waals surface area contributed by atoms with E-state index in [2.05, 4.69) is 27.0 Å². The highest BCUT2D eigenvalue weighted by Gasteiger charge is 2.30. The number of likely N-dealkylation sites (tertiary alicyclic amines) is 1. The number of benzene rings is 1. The summed E-state index contributed by atoms with van der Waals surface area (Å²) in [7, 11) is 0. The maximum Gasteiger partial charge on any atom is 0.320 e. The van der Waals surface area contributed by atoms with Gasteiger partial charge >= 0.3 is 5.97 Å². The Kier molecular flexibility index (Phi) is 4.76. The highest BCUT2D eigenvalue weighted by molar-refractivity contribution is 5.73. The number of carbonyl (C=O) groups is 1. The lowest BCUT2D eigenvalue weighted by atomic mass is 9.95. The molecule has 2 aromatic rings. The zero-order valence-corrected chi connectivity index (χ0v) is 13.4. The largest absolute Gasteiger partial charge is 0.480 e. The first-order chi connectivity index (χ1) is 11.2. The van der Waals surface area contributed by atoms with Gasteiger partial charge in [0.05, 0.1) is 11.9 Å². The average Bonchev–Trinajstić information content (AvgIpc) is 3.06. The van der Waals surface area contributed by atoms with E-state index < -0.39 is 5.97 Å². The predicted molar refractivity (Wildman–Crippen MR) is 89.3 cm³/mol. The van der Waals surface area contributed by atoms with E-state index in [1.165, 1.54) is 0 Å². The van der Waals surface area contributed by atoms with Crippen molar-refractivity contribution in [3.63, 3.8) is 0 Å². The van der Waals surface area contributed by atoms with E-state index in [0.29, 0.717) is 6.42 Å². The molecule has 0 saturated carbocycles. The van der Waals surface area contributed by atoms with E-state index in [4.69, 9.17) is 0 Å². The molecule has 0 amide bonds. The first kappa shape index (κ1) is 15.7. The van der Waals surface area contributed by atoms with Crippen LogP contribution < -0.4 is 0 Å². The number of piperidine rings is 1. The van der Waals surface area contributed by atoms with Crippen LogP contribution in [0.5, 0.6) is 0 Å². The number of nitrogens with one attached hydrogen (secondary N) is 1. The van der Waals surface area contributed by atoms with Crippen molar-refractivity contribution >= 4 is 5.97 Å². The van der Waals surface area contributed by atoms with Gasteiger partial charge in [-0.2, -0.15) is 0 Å². The Hall–Kier alpha value is -2.14. The second kappa shape index (κ2) is 6.96. The third-order valence-electron chi connectivity index (χ3n) is 4.63. The number of nitrogens with zero attached hydrogens (tertiary/aromatic N) is 2. The van der Waals surface area contributed by atoms with Crippen molar-refractivity contribution in [1.29, 1.82) is 0 Å². The van der Waals surface area contributed by atoms with Crippen LogP contribution >= 0.6 is 0 Å². The summed E-state index contributed by atoms with van der Waals surface area (Å²) in [4.78, 5) is 21.5. The van der Waals surface area contributed by atoms with Gasteiger partial charge in [0, 0.05) is 12.5 Å². The third-order valence-corrected chi connectivity index (χ3v) is 4.63. The molecule has 1 saturated heterocycles. The van der Waals surface area contributed by atoms with Crippen molar-refractivity contribution in [2.75, 3.05) is 13.1 Å². The molecule has 2 N–H and O–H groups in total. The molecular weight excluding hydrogens is 290 g/mol. The fourth-order valence-electron chi connectivity index (χ4n) is 3.41. The molecule has 2 unspecified atom stereocenters. The van der Waals surface area contributed by atoms with Crippen molar-refractivity contribution < 1.29 is 9.90 Å².